The van der Waals surface area contributed by atoms with E-state index in [1.807, 2.05) is 4.90 Å². The van der Waals surface area contributed by atoms with Crippen LogP contribution >= 0.6 is 0 Å². The van der Waals surface area contributed by atoms with Crippen molar-refractivity contribution in [3.63, 3.8) is 0 Å². The predicted molar refractivity (Wildman–Crippen MR) is 68.4 cm³/mol. The van der Waals surface area contributed by atoms with Crippen molar-refractivity contribution in [2.24, 2.45) is 0 Å². The number of piperidine rings is 1. The number of hydrogen-bond acceptors (Lipinski definition) is 6. The molecule has 1 saturated heterocycles. The molecule has 6 nitrogen and oxygen atoms in total. The van der Waals surface area contributed by atoms with Crippen LogP contribution in [-0.2, 0) is 9.53 Å². The van der Waals surface area contributed by atoms with Crippen LogP contribution in [0.3, 0.4) is 0 Å². The Morgan fingerprint density at radius 1 is 1.63 bits per heavy atom. The Bertz CT molecular complexity index is 498. The molecule has 0 bridgehead atoms. The highest BCUT2D eigenvalue weighted by atomic mass is 16.5. The van der Waals surface area contributed by atoms with E-state index in [0.29, 0.717) is 17.8 Å². The van der Waals surface area contributed by atoms with Crippen LogP contribution in [0.25, 0.3) is 0 Å². The van der Waals surface area contributed by atoms with Crippen molar-refractivity contribution in [2.45, 2.75) is 31.7 Å². The second kappa shape index (κ2) is 6.14. The molecule has 2 rings (SSSR count). The summed E-state index contributed by atoms with van der Waals surface area (Å²) in [4.78, 5) is 13.5. The molecule has 1 fully saturated rings. The van der Waals surface area contributed by atoms with Crippen LogP contribution in [0.5, 0.6) is 0 Å². The maximum atomic E-state index is 11.5. The van der Waals surface area contributed by atoms with E-state index in [4.69, 9.17) is 10.00 Å². The predicted octanol–water partition coefficient (Wildman–Crippen LogP) is 1.27. The number of methoxy groups -OCH3 is 1. The van der Waals surface area contributed by atoms with Crippen molar-refractivity contribution >= 4 is 11.8 Å². The number of esters is 1. The first-order valence-corrected chi connectivity index (χ1v) is 6.31. The van der Waals surface area contributed by atoms with E-state index in [9.17, 15) is 4.79 Å². The summed E-state index contributed by atoms with van der Waals surface area (Å²) in [5.74, 6) is 0.331. The zero-order chi connectivity index (χ0) is 13.7. The summed E-state index contributed by atoms with van der Waals surface area (Å²) in [6.07, 6.45) is 4.81. The fourth-order valence-electron chi connectivity index (χ4n) is 2.39. The van der Waals surface area contributed by atoms with Crippen molar-refractivity contribution in [1.82, 2.24) is 10.2 Å². The van der Waals surface area contributed by atoms with Crippen LogP contribution in [0.4, 0.5) is 5.82 Å². The van der Waals surface area contributed by atoms with E-state index in [0.717, 1.165) is 25.8 Å². The Morgan fingerprint density at radius 2 is 2.47 bits per heavy atom. The second-order valence-corrected chi connectivity index (χ2v) is 4.50. The molecule has 0 spiro atoms. The highest BCUT2D eigenvalue weighted by molar-refractivity contribution is 5.71. The van der Waals surface area contributed by atoms with Gasteiger partial charge in [-0.05, 0) is 25.3 Å². The number of rotatable bonds is 3. The lowest BCUT2D eigenvalue weighted by molar-refractivity contribution is -0.141. The van der Waals surface area contributed by atoms with Crippen LogP contribution < -0.4 is 4.90 Å². The summed E-state index contributed by atoms with van der Waals surface area (Å²) < 4.78 is 4.73. The molecule has 1 aliphatic rings. The van der Waals surface area contributed by atoms with Gasteiger partial charge in [-0.3, -0.25) is 4.79 Å². The number of aromatic nitrogens is 2. The Labute approximate surface area is 112 Å². The highest BCUT2D eigenvalue weighted by Gasteiger charge is 2.27. The van der Waals surface area contributed by atoms with Crippen LogP contribution in [0.15, 0.2) is 12.3 Å². The zero-order valence-electron chi connectivity index (χ0n) is 10.9. The third-order valence-electron chi connectivity index (χ3n) is 3.35. The maximum absolute atomic E-state index is 11.5. The first-order chi connectivity index (χ1) is 9.26. The number of anilines is 1. The van der Waals surface area contributed by atoms with Crippen LogP contribution in [0, 0.1) is 11.3 Å². The monoisotopic (exact) mass is 260 g/mol. The fourth-order valence-corrected chi connectivity index (χ4v) is 2.39. The lowest BCUT2D eigenvalue weighted by Gasteiger charge is -2.36. The molecule has 0 saturated carbocycles. The molecule has 1 aliphatic heterocycles. The molecule has 6 heteroatoms. The van der Waals surface area contributed by atoms with Gasteiger partial charge in [0.05, 0.1) is 25.3 Å². The van der Waals surface area contributed by atoms with Crippen LogP contribution in [0.1, 0.15) is 31.2 Å². The van der Waals surface area contributed by atoms with Gasteiger partial charge in [-0.25, -0.2) is 0 Å². The molecule has 0 amide bonds. The first kappa shape index (κ1) is 13.3. The van der Waals surface area contributed by atoms with Crippen molar-refractivity contribution in [3.8, 4) is 6.07 Å². The van der Waals surface area contributed by atoms with Gasteiger partial charge in [0.25, 0.3) is 0 Å². The fraction of sp³-hybridized carbons (Fsp3) is 0.538. The van der Waals surface area contributed by atoms with Gasteiger partial charge in [-0.15, -0.1) is 5.10 Å². The molecule has 0 aliphatic carbocycles. The molecule has 1 atom stereocenters. The van der Waals surface area contributed by atoms with Crippen molar-refractivity contribution in [3.05, 3.63) is 17.8 Å². The van der Waals surface area contributed by atoms with Crippen LogP contribution in [0.2, 0.25) is 0 Å². The minimum atomic E-state index is -0.237. The van der Waals surface area contributed by atoms with E-state index in [2.05, 4.69) is 16.3 Å². The molecule has 0 radical (unpaired) electrons. The van der Waals surface area contributed by atoms with Crippen molar-refractivity contribution < 1.29 is 9.53 Å². The molecule has 1 unspecified atom stereocenters. The molecule has 100 valence electrons. The third-order valence-corrected chi connectivity index (χ3v) is 3.35. The Balaban J connectivity index is 2.24. The average Bonchev–Trinajstić information content (AvgIpc) is 2.47. The smallest absolute Gasteiger partial charge is 0.307 e. The average molecular weight is 260 g/mol. The molecule has 0 N–H and O–H groups in total. The first-order valence-electron chi connectivity index (χ1n) is 6.31. The molecule has 2 heterocycles. The summed E-state index contributed by atoms with van der Waals surface area (Å²) in [6, 6.07) is 3.80. The van der Waals surface area contributed by atoms with Crippen molar-refractivity contribution in [1.29, 1.82) is 5.26 Å². The normalized spacial score (nSPS) is 18.7. The van der Waals surface area contributed by atoms with E-state index in [1.54, 1.807) is 6.07 Å². The number of nitrogens with zero attached hydrogens (tertiary/aromatic N) is 4. The van der Waals surface area contributed by atoms with Gasteiger partial charge in [-0.2, -0.15) is 10.4 Å². The van der Waals surface area contributed by atoms with Gasteiger partial charge in [0.2, 0.25) is 0 Å². The zero-order valence-corrected chi connectivity index (χ0v) is 10.9. The molecule has 0 aromatic carbocycles. The van der Waals surface area contributed by atoms with Crippen molar-refractivity contribution in [2.75, 3.05) is 18.6 Å². The molecule has 19 heavy (non-hydrogen) atoms. The third kappa shape index (κ3) is 2.99. The largest absolute Gasteiger partial charge is 0.469 e. The maximum Gasteiger partial charge on any atom is 0.307 e. The summed E-state index contributed by atoms with van der Waals surface area (Å²) >= 11 is 0. The van der Waals surface area contributed by atoms with Gasteiger partial charge in [0, 0.05) is 12.6 Å². The van der Waals surface area contributed by atoms with Gasteiger partial charge in [0.1, 0.15) is 6.07 Å². The minimum Gasteiger partial charge on any atom is -0.469 e. The highest BCUT2D eigenvalue weighted by Crippen LogP contribution is 2.27. The number of ether oxygens (including phenoxy) is 1. The number of carbonyl (C=O) groups excluding carboxylic acids is 1. The SMILES string of the molecule is COC(=O)CC1CCCCN1c1nnccc1C#N. The van der Waals surface area contributed by atoms with Gasteiger partial charge < -0.3 is 9.64 Å². The standard InChI is InChI=1S/C13H16N4O2/c1-19-12(18)8-11-4-2-3-7-17(11)13-10(9-14)5-6-15-16-13/h5-6,11H,2-4,7-8H2,1H3. The van der Waals surface area contributed by atoms with Gasteiger partial charge in [0.15, 0.2) is 5.82 Å². The van der Waals surface area contributed by atoms with E-state index < -0.39 is 0 Å². The summed E-state index contributed by atoms with van der Waals surface area (Å²) in [5.41, 5.74) is 0.492. The van der Waals surface area contributed by atoms with Gasteiger partial charge in [-0.1, -0.05) is 0 Å². The number of nitriles is 1. The summed E-state index contributed by atoms with van der Waals surface area (Å²) in [5, 5.41) is 17.0. The number of carbonyl (C=O) groups is 1. The van der Waals surface area contributed by atoms with E-state index in [-0.39, 0.29) is 12.0 Å². The van der Waals surface area contributed by atoms with Crippen LogP contribution in [-0.4, -0.2) is 35.9 Å². The minimum absolute atomic E-state index is 0.0324. The Morgan fingerprint density at radius 3 is 3.21 bits per heavy atom. The Kier molecular flexibility index (Phi) is 4.29. The molecule has 1 aromatic heterocycles. The lowest BCUT2D eigenvalue weighted by Crippen LogP contribution is -2.42. The number of hydrogen-bond donors (Lipinski definition) is 0. The van der Waals surface area contributed by atoms with Gasteiger partial charge >= 0.3 is 5.97 Å². The topological polar surface area (TPSA) is 79.1 Å². The Hall–Kier alpha value is -2.16. The second-order valence-electron chi connectivity index (χ2n) is 4.50. The molecular formula is C13H16N4O2. The van der Waals surface area contributed by atoms with E-state index in [1.165, 1.54) is 13.3 Å². The molecular weight excluding hydrogens is 244 g/mol. The summed E-state index contributed by atoms with van der Waals surface area (Å²) in [6.45, 7) is 0.787. The summed E-state index contributed by atoms with van der Waals surface area (Å²) in [7, 11) is 1.39. The lowest BCUT2D eigenvalue weighted by atomic mass is 9.99. The van der Waals surface area contributed by atoms with E-state index >= 15 is 0 Å². The molecule has 1 aromatic rings. The quantitative estimate of drug-likeness (QED) is 0.761.